The molecular weight excluding hydrogens is 434 g/mol. The SMILES string of the molecule is CCn1c(=O)c2c(-c3ccccc3)n3c(c2n(CC)c1=O)C(c1ccc(Cl)o1)SCC3. The summed E-state index contributed by atoms with van der Waals surface area (Å²) in [7, 11) is 0. The molecule has 0 saturated heterocycles. The van der Waals surface area contributed by atoms with Crippen molar-refractivity contribution in [3.8, 4) is 11.3 Å². The van der Waals surface area contributed by atoms with Gasteiger partial charge >= 0.3 is 5.69 Å². The molecule has 4 heterocycles. The predicted octanol–water partition coefficient (Wildman–Crippen LogP) is 4.75. The van der Waals surface area contributed by atoms with E-state index in [2.05, 4.69) is 4.57 Å². The summed E-state index contributed by atoms with van der Waals surface area (Å²) in [6.45, 7) is 5.31. The standard InChI is InChI=1S/C23H22ClN3O3S/c1-3-25-19-17(22(28)26(4-2)23(25)29)18(14-8-6-5-7-9-14)27-12-13-31-21(20(19)27)15-10-11-16(24)30-15/h5-11,21H,3-4,12-13H2,1-2H3. The van der Waals surface area contributed by atoms with Crippen molar-refractivity contribution < 1.29 is 4.42 Å². The van der Waals surface area contributed by atoms with Crippen LogP contribution in [-0.4, -0.2) is 19.5 Å². The van der Waals surface area contributed by atoms with E-state index in [0.717, 1.165) is 35.0 Å². The summed E-state index contributed by atoms with van der Waals surface area (Å²) >= 11 is 7.82. The van der Waals surface area contributed by atoms with Crippen molar-refractivity contribution in [3.05, 3.63) is 80.0 Å². The van der Waals surface area contributed by atoms with Gasteiger partial charge in [-0.2, -0.15) is 0 Å². The first-order valence-electron chi connectivity index (χ1n) is 10.4. The molecule has 1 aliphatic rings. The second kappa shape index (κ2) is 7.80. The Labute approximate surface area is 188 Å². The summed E-state index contributed by atoms with van der Waals surface area (Å²) in [5.41, 5.74) is 2.93. The molecule has 0 spiro atoms. The van der Waals surface area contributed by atoms with Crippen LogP contribution in [0.2, 0.25) is 5.22 Å². The highest BCUT2D eigenvalue weighted by atomic mass is 35.5. The maximum absolute atomic E-state index is 13.6. The Morgan fingerprint density at radius 3 is 2.45 bits per heavy atom. The van der Waals surface area contributed by atoms with Crippen molar-refractivity contribution >= 4 is 34.3 Å². The summed E-state index contributed by atoms with van der Waals surface area (Å²) in [5.74, 6) is 1.58. The predicted molar refractivity (Wildman–Crippen MR) is 125 cm³/mol. The van der Waals surface area contributed by atoms with Crippen LogP contribution in [0.25, 0.3) is 22.2 Å². The maximum Gasteiger partial charge on any atom is 0.331 e. The van der Waals surface area contributed by atoms with Crippen molar-refractivity contribution in [3.63, 3.8) is 0 Å². The van der Waals surface area contributed by atoms with Gasteiger partial charge in [0.15, 0.2) is 5.22 Å². The van der Waals surface area contributed by atoms with E-state index in [0.29, 0.717) is 29.2 Å². The van der Waals surface area contributed by atoms with E-state index >= 15 is 0 Å². The van der Waals surface area contributed by atoms with Gasteiger partial charge in [-0.15, -0.1) is 11.8 Å². The van der Waals surface area contributed by atoms with Crippen molar-refractivity contribution in [2.75, 3.05) is 5.75 Å². The van der Waals surface area contributed by atoms with E-state index in [1.807, 2.05) is 50.2 Å². The van der Waals surface area contributed by atoms with Gasteiger partial charge < -0.3 is 8.98 Å². The number of nitrogens with zero attached hydrogens (tertiary/aromatic N) is 3. The molecule has 1 aromatic carbocycles. The molecule has 6 nitrogen and oxygen atoms in total. The second-order valence-corrected chi connectivity index (χ2v) is 9.03. The molecule has 0 N–H and O–H groups in total. The average Bonchev–Trinajstić information content (AvgIpc) is 3.37. The highest BCUT2D eigenvalue weighted by Crippen LogP contribution is 2.46. The van der Waals surface area contributed by atoms with Gasteiger partial charge in [-0.3, -0.25) is 13.9 Å². The minimum Gasteiger partial charge on any atom is -0.448 e. The summed E-state index contributed by atoms with van der Waals surface area (Å²) in [4.78, 5) is 26.8. The highest BCUT2D eigenvalue weighted by Gasteiger charge is 2.34. The largest absolute Gasteiger partial charge is 0.448 e. The first kappa shape index (κ1) is 20.3. The number of furan rings is 1. The number of thioether (sulfide) groups is 1. The van der Waals surface area contributed by atoms with E-state index < -0.39 is 0 Å². The van der Waals surface area contributed by atoms with Crippen molar-refractivity contribution in [1.29, 1.82) is 0 Å². The number of hydrogen-bond donors (Lipinski definition) is 0. The Kier molecular flexibility index (Phi) is 5.10. The number of benzene rings is 1. The molecule has 0 aliphatic carbocycles. The fourth-order valence-corrected chi connectivity index (χ4v) is 5.92. The average molecular weight is 456 g/mol. The molecule has 1 unspecified atom stereocenters. The van der Waals surface area contributed by atoms with Crippen LogP contribution in [0, 0.1) is 0 Å². The minimum atomic E-state index is -0.276. The van der Waals surface area contributed by atoms with Crippen LogP contribution in [0.15, 0.2) is 56.5 Å². The highest BCUT2D eigenvalue weighted by molar-refractivity contribution is 7.99. The van der Waals surface area contributed by atoms with Crippen LogP contribution in [0.3, 0.4) is 0 Å². The zero-order chi connectivity index (χ0) is 21.7. The van der Waals surface area contributed by atoms with Crippen LogP contribution in [0.4, 0.5) is 0 Å². The normalized spacial score (nSPS) is 16.0. The molecule has 8 heteroatoms. The van der Waals surface area contributed by atoms with Crippen LogP contribution in [0.5, 0.6) is 0 Å². The molecular formula is C23H22ClN3O3S. The van der Waals surface area contributed by atoms with Crippen LogP contribution < -0.4 is 11.2 Å². The van der Waals surface area contributed by atoms with E-state index in [4.69, 9.17) is 16.0 Å². The Morgan fingerprint density at radius 1 is 1.06 bits per heavy atom. The smallest absolute Gasteiger partial charge is 0.331 e. The third kappa shape index (κ3) is 3.02. The molecule has 0 fully saturated rings. The molecule has 1 atom stereocenters. The van der Waals surface area contributed by atoms with Crippen LogP contribution >= 0.6 is 23.4 Å². The third-order valence-corrected chi connectivity index (χ3v) is 7.26. The molecule has 0 saturated carbocycles. The van der Waals surface area contributed by atoms with E-state index in [9.17, 15) is 9.59 Å². The fourth-order valence-electron chi connectivity index (χ4n) is 4.56. The summed E-state index contributed by atoms with van der Waals surface area (Å²) in [5, 5.41) is 0.762. The zero-order valence-corrected chi connectivity index (χ0v) is 18.9. The van der Waals surface area contributed by atoms with Gasteiger partial charge in [-0.1, -0.05) is 30.3 Å². The second-order valence-electron chi connectivity index (χ2n) is 7.44. The molecule has 0 bridgehead atoms. The van der Waals surface area contributed by atoms with Crippen molar-refractivity contribution in [2.45, 2.75) is 38.7 Å². The van der Waals surface area contributed by atoms with E-state index in [1.54, 1.807) is 22.4 Å². The van der Waals surface area contributed by atoms with Gasteiger partial charge in [0.25, 0.3) is 5.56 Å². The Morgan fingerprint density at radius 2 is 1.81 bits per heavy atom. The number of fused-ring (bicyclic) bond motifs is 3. The van der Waals surface area contributed by atoms with Crippen molar-refractivity contribution in [2.24, 2.45) is 0 Å². The number of halogens is 1. The van der Waals surface area contributed by atoms with Gasteiger partial charge in [0.2, 0.25) is 0 Å². The number of rotatable bonds is 4. The monoisotopic (exact) mass is 455 g/mol. The van der Waals surface area contributed by atoms with E-state index in [1.165, 1.54) is 4.57 Å². The van der Waals surface area contributed by atoms with Crippen LogP contribution in [-0.2, 0) is 19.6 Å². The molecule has 0 amide bonds. The number of hydrogen-bond acceptors (Lipinski definition) is 4. The van der Waals surface area contributed by atoms with Gasteiger partial charge in [-0.25, -0.2) is 4.79 Å². The van der Waals surface area contributed by atoms with Gasteiger partial charge in [0, 0.05) is 25.4 Å². The summed E-state index contributed by atoms with van der Waals surface area (Å²) < 4.78 is 11.0. The Hall–Kier alpha value is -2.64. The quantitative estimate of drug-likeness (QED) is 0.445. The van der Waals surface area contributed by atoms with Crippen LogP contribution in [0.1, 0.15) is 30.6 Å². The molecule has 160 valence electrons. The zero-order valence-electron chi connectivity index (χ0n) is 17.3. The molecule has 0 radical (unpaired) electrons. The molecule has 5 rings (SSSR count). The molecule has 1 aliphatic heterocycles. The molecule has 31 heavy (non-hydrogen) atoms. The third-order valence-electron chi connectivity index (χ3n) is 5.85. The minimum absolute atomic E-state index is 0.157. The lowest BCUT2D eigenvalue weighted by molar-refractivity contribution is 0.511. The van der Waals surface area contributed by atoms with Crippen molar-refractivity contribution in [1.82, 2.24) is 13.7 Å². The number of aryl methyl sites for hydroxylation is 1. The van der Waals surface area contributed by atoms with Gasteiger partial charge in [0.05, 0.1) is 22.3 Å². The fraction of sp³-hybridized carbons (Fsp3) is 0.304. The summed E-state index contributed by atoms with van der Waals surface area (Å²) in [6, 6.07) is 13.5. The lowest BCUT2D eigenvalue weighted by Gasteiger charge is -2.25. The Bertz CT molecular complexity index is 1400. The van der Waals surface area contributed by atoms with Gasteiger partial charge in [-0.05, 0) is 43.1 Å². The van der Waals surface area contributed by atoms with E-state index in [-0.39, 0.29) is 16.5 Å². The molecule has 4 aromatic rings. The first-order valence-corrected chi connectivity index (χ1v) is 11.8. The lowest BCUT2D eigenvalue weighted by atomic mass is 10.1. The maximum atomic E-state index is 13.6. The lowest BCUT2D eigenvalue weighted by Crippen LogP contribution is -2.39. The summed E-state index contributed by atoms with van der Waals surface area (Å²) in [6.07, 6.45) is 0. The topological polar surface area (TPSA) is 62.1 Å². The Balaban J connectivity index is 1.99. The number of aromatic nitrogens is 3. The first-order chi connectivity index (χ1) is 15.1. The van der Waals surface area contributed by atoms with Gasteiger partial charge in [0.1, 0.15) is 11.0 Å². The molecule has 3 aromatic heterocycles.